The number of carbonyl (C=O) groups excluding carboxylic acids is 2. The van der Waals surface area contributed by atoms with Crippen LogP contribution in [0.3, 0.4) is 0 Å². The molecule has 0 radical (unpaired) electrons. The summed E-state index contributed by atoms with van der Waals surface area (Å²) in [5.41, 5.74) is 0. The Morgan fingerprint density at radius 1 is 0.529 bits per heavy atom. The van der Waals surface area contributed by atoms with Crippen LogP contribution in [0.25, 0.3) is 0 Å². The van der Waals surface area contributed by atoms with Crippen molar-refractivity contribution in [2.45, 2.75) is 188 Å². The number of unbranched alkanes of at least 4 members (excludes halogenated alkanes) is 16. The fourth-order valence-corrected chi connectivity index (χ4v) is 5.57. The van der Waals surface area contributed by atoms with E-state index in [0.717, 1.165) is 122 Å². The van der Waals surface area contributed by atoms with E-state index >= 15 is 0 Å². The summed E-state index contributed by atoms with van der Waals surface area (Å²) in [6, 6.07) is 0. The maximum atomic E-state index is 12.2. The molecule has 0 aromatic rings. The molecule has 0 unspecified atom stereocenters. The summed E-state index contributed by atoms with van der Waals surface area (Å²) in [4.78, 5) is 26.5. The molecule has 8 heteroatoms. The Morgan fingerprint density at radius 3 is 1.47 bits per heavy atom. The third-order valence-electron chi connectivity index (χ3n) is 8.67. The molecule has 0 spiro atoms. The van der Waals surface area contributed by atoms with Gasteiger partial charge in [-0.15, -0.1) is 11.8 Å². The number of hydrogen-bond donors (Lipinski definition) is 1. The summed E-state index contributed by atoms with van der Waals surface area (Å²) >= 11 is 0. The molecule has 0 aliphatic carbocycles. The van der Waals surface area contributed by atoms with Crippen molar-refractivity contribution < 1.29 is 33.6 Å². The first-order valence-corrected chi connectivity index (χ1v) is 20.9. The summed E-state index contributed by atoms with van der Waals surface area (Å²) in [7, 11) is 0. The number of rotatable bonds is 36. The fourth-order valence-electron chi connectivity index (χ4n) is 5.57. The van der Waals surface area contributed by atoms with E-state index in [-0.39, 0.29) is 24.8 Å². The second kappa shape index (κ2) is 40.7. The zero-order valence-corrected chi connectivity index (χ0v) is 33.3. The number of aliphatic hydroxyl groups excluding tert-OH is 1. The molecule has 0 amide bonds. The van der Waals surface area contributed by atoms with E-state index in [9.17, 15) is 14.7 Å². The lowest BCUT2D eigenvalue weighted by molar-refractivity contribution is -0.145. The van der Waals surface area contributed by atoms with Crippen LogP contribution < -0.4 is 0 Å². The van der Waals surface area contributed by atoms with E-state index in [2.05, 4.69) is 49.4 Å². The Bertz CT molecular complexity index is 875. The highest BCUT2D eigenvalue weighted by Crippen LogP contribution is 2.12. The predicted molar refractivity (Wildman–Crippen MR) is 209 cm³/mol. The van der Waals surface area contributed by atoms with Crippen molar-refractivity contribution in [1.82, 2.24) is 4.90 Å². The second-order valence-electron chi connectivity index (χ2n) is 13.6. The molecular weight excluding hydrogens is 642 g/mol. The van der Waals surface area contributed by atoms with Gasteiger partial charge in [-0.05, 0) is 77.3 Å². The third kappa shape index (κ3) is 37.5. The molecule has 0 aliphatic rings. The summed E-state index contributed by atoms with van der Waals surface area (Å²) in [6.45, 7) is 11.0. The first-order valence-electron chi connectivity index (χ1n) is 20.9. The van der Waals surface area contributed by atoms with Crippen molar-refractivity contribution >= 4 is 11.9 Å². The molecule has 0 aromatic carbocycles. The van der Waals surface area contributed by atoms with Crippen LogP contribution in [0, 0.1) is 23.7 Å². The molecule has 0 rings (SSSR count). The van der Waals surface area contributed by atoms with Crippen molar-refractivity contribution in [2.75, 3.05) is 52.7 Å². The number of nitrogens with zero attached hydrogens (tertiary/aromatic N) is 1. The fraction of sp³-hybridized carbons (Fsp3) is 0.860. The smallest absolute Gasteiger partial charge is 0.305 e. The van der Waals surface area contributed by atoms with Crippen LogP contribution in [0.15, 0.2) is 0 Å². The van der Waals surface area contributed by atoms with E-state index in [0.29, 0.717) is 52.2 Å². The van der Waals surface area contributed by atoms with Gasteiger partial charge in [-0.25, -0.2) is 0 Å². The van der Waals surface area contributed by atoms with Crippen LogP contribution in [-0.4, -0.2) is 80.9 Å². The van der Waals surface area contributed by atoms with Crippen LogP contribution in [0.4, 0.5) is 0 Å². The average Bonchev–Trinajstić information content (AvgIpc) is 3.12. The van der Waals surface area contributed by atoms with Crippen LogP contribution in [0.1, 0.15) is 181 Å². The predicted octanol–water partition coefficient (Wildman–Crippen LogP) is 9.55. The lowest BCUT2D eigenvalue weighted by atomic mass is 10.1. The number of carbonyl (C=O) groups is 2. The number of aliphatic hydroxyl groups is 1. The van der Waals surface area contributed by atoms with Crippen LogP contribution in [-0.2, 0) is 28.5 Å². The minimum absolute atomic E-state index is 0.0468. The topological polar surface area (TPSA) is 94.5 Å². The largest absolute Gasteiger partial charge is 0.466 e. The van der Waals surface area contributed by atoms with Crippen molar-refractivity contribution in [3.63, 3.8) is 0 Å². The molecule has 0 aliphatic heterocycles. The SMILES string of the molecule is CCCC#CCOC(CCCCC(=O)OCCCCCCN(CCO)CCCCCCCC(=O)OCCCCCCCCC)OCC#CCCC. The van der Waals surface area contributed by atoms with E-state index in [1.54, 1.807) is 0 Å². The van der Waals surface area contributed by atoms with E-state index < -0.39 is 0 Å². The van der Waals surface area contributed by atoms with Gasteiger partial charge in [0.1, 0.15) is 13.2 Å². The first-order chi connectivity index (χ1) is 25.1. The van der Waals surface area contributed by atoms with Gasteiger partial charge in [0.25, 0.3) is 0 Å². The zero-order chi connectivity index (χ0) is 37.3. The lowest BCUT2D eigenvalue weighted by Crippen LogP contribution is -2.29. The highest BCUT2D eigenvalue weighted by molar-refractivity contribution is 5.69. The van der Waals surface area contributed by atoms with Gasteiger partial charge in [0, 0.05) is 32.2 Å². The Kier molecular flexibility index (Phi) is 39.0. The van der Waals surface area contributed by atoms with Gasteiger partial charge >= 0.3 is 11.9 Å². The summed E-state index contributed by atoms with van der Waals surface area (Å²) in [5, 5.41) is 9.49. The first kappa shape index (κ1) is 48.9. The molecule has 1 N–H and O–H groups in total. The van der Waals surface area contributed by atoms with Gasteiger partial charge in [-0.3, -0.25) is 9.59 Å². The van der Waals surface area contributed by atoms with Crippen molar-refractivity contribution in [2.24, 2.45) is 0 Å². The van der Waals surface area contributed by atoms with Crippen molar-refractivity contribution in [1.29, 1.82) is 0 Å². The molecule has 51 heavy (non-hydrogen) atoms. The molecule has 8 nitrogen and oxygen atoms in total. The molecule has 0 fully saturated rings. The van der Waals surface area contributed by atoms with Crippen molar-refractivity contribution in [3.05, 3.63) is 0 Å². The summed E-state index contributed by atoms with van der Waals surface area (Å²) in [5.74, 6) is 12.0. The minimum atomic E-state index is -0.362. The van der Waals surface area contributed by atoms with Crippen LogP contribution in [0.2, 0.25) is 0 Å². The molecule has 0 atom stereocenters. The molecular formula is C43H77NO7. The number of hydrogen-bond acceptors (Lipinski definition) is 8. The Morgan fingerprint density at radius 2 is 0.980 bits per heavy atom. The third-order valence-corrected chi connectivity index (χ3v) is 8.67. The van der Waals surface area contributed by atoms with Gasteiger partial charge < -0.3 is 29.0 Å². The number of ether oxygens (including phenoxy) is 4. The maximum Gasteiger partial charge on any atom is 0.305 e. The van der Waals surface area contributed by atoms with E-state index in [1.165, 1.54) is 32.1 Å². The minimum Gasteiger partial charge on any atom is -0.466 e. The Balaban J connectivity index is 3.86. The zero-order valence-electron chi connectivity index (χ0n) is 33.3. The summed E-state index contributed by atoms with van der Waals surface area (Å²) in [6.07, 6.45) is 24.6. The molecule has 296 valence electrons. The standard InChI is InChI=1S/C43H77NO7/c1-4-7-10-13-14-19-28-37-48-41(46)30-21-16-15-17-24-33-44(35-36-45)34-25-18-20-29-38-49-42(47)31-22-23-32-43(50-39-26-11-8-5-2)51-40-27-12-9-6-3/h43,45H,4-10,13-25,28-40H2,1-3H3. The Labute approximate surface area is 313 Å². The van der Waals surface area contributed by atoms with Crippen LogP contribution >= 0.6 is 0 Å². The van der Waals surface area contributed by atoms with Crippen LogP contribution in [0.5, 0.6) is 0 Å². The average molecular weight is 720 g/mol. The highest BCUT2D eigenvalue weighted by Gasteiger charge is 2.10. The van der Waals surface area contributed by atoms with Gasteiger partial charge in [-0.1, -0.05) is 103 Å². The number of esters is 2. The highest BCUT2D eigenvalue weighted by atomic mass is 16.7. The molecule has 0 saturated heterocycles. The molecule has 0 bridgehead atoms. The van der Waals surface area contributed by atoms with Gasteiger partial charge in [0.15, 0.2) is 6.29 Å². The Hall–Kier alpha value is -2.10. The summed E-state index contributed by atoms with van der Waals surface area (Å²) < 4.78 is 22.4. The maximum absolute atomic E-state index is 12.2. The monoisotopic (exact) mass is 720 g/mol. The van der Waals surface area contributed by atoms with Gasteiger partial charge in [0.05, 0.1) is 19.8 Å². The molecule has 0 aromatic heterocycles. The lowest BCUT2D eigenvalue weighted by Gasteiger charge is -2.21. The quantitative estimate of drug-likeness (QED) is 0.0296. The normalized spacial score (nSPS) is 10.9. The van der Waals surface area contributed by atoms with E-state index in [4.69, 9.17) is 18.9 Å². The van der Waals surface area contributed by atoms with Gasteiger partial charge in [0.2, 0.25) is 0 Å². The van der Waals surface area contributed by atoms with E-state index in [1.807, 2.05) is 0 Å². The molecule has 0 saturated carbocycles. The second-order valence-corrected chi connectivity index (χ2v) is 13.6. The van der Waals surface area contributed by atoms with Gasteiger partial charge in [-0.2, -0.15) is 0 Å². The molecule has 0 heterocycles. The van der Waals surface area contributed by atoms with Crippen molar-refractivity contribution in [3.8, 4) is 23.7 Å².